The zero-order chi connectivity index (χ0) is 13.5. The van der Waals surface area contributed by atoms with Gasteiger partial charge in [-0.1, -0.05) is 18.2 Å². The lowest BCUT2D eigenvalue weighted by Gasteiger charge is -2.22. The summed E-state index contributed by atoms with van der Waals surface area (Å²) in [7, 11) is 0. The molecule has 4 unspecified atom stereocenters. The van der Waals surface area contributed by atoms with Crippen LogP contribution in [0.4, 0.5) is 0 Å². The van der Waals surface area contributed by atoms with Crippen molar-refractivity contribution in [3.05, 3.63) is 35.9 Å². The molecule has 0 spiro atoms. The third kappa shape index (κ3) is 2.10. The number of benzene rings is 1. The van der Waals surface area contributed by atoms with Gasteiger partial charge in [-0.15, -0.1) is 0 Å². The van der Waals surface area contributed by atoms with E-state index < -0.39 is 0 Å². The van der Waals surface area contributed by atoms with Crippen molar-refractivity contribution in [3.63, 3.8) is 0 Å². The topological polar surface area (TPSA) is 30.5 Å². The minimum atomic E-state index is 0.345. The van der Waals surface area contributed by atoms with Gasteiger partial charge in [-0.2, -0.15) is 0 Å². The van der Waals surface area contributed by atoms with Crippen LogP contribution in [0.1, 0.15) is 31.4 Å². The van der Waals surface area contributed by atoms with Crippen LogP contribution in [0.2, 0.25) is 0 Å². The Morgan fingerprint density at radius 3 is 2.90 bits per heavy atom. The van der Waals surface area contributed by atoms with Gasteiger partial charge in [0, 0.05) is 6.04 Å². The van der Waals surface area contributed by atoms with Gasteiger partial charge in [-0.3, -0.25) is 0 Å². The number of rotatable bonds is 4. The van der Waals surface area contributed by atoms with Crippen LogP contribution in [0.3, 0.4) is 0 Å². The average molecular weight is 271 g/mol. The molecule has 0 amide bonds. The summed E-state index contributed by atoms with van der Waals surface area (Å²) in [5, 5.41) is 3.69. The molecule has 4 rings (SSSR count). The Hall–Kier alpha value is -1.48. The van der Waals surface area contributed by atoms with Crippen molar-refractivity contribution in [1.82, 2.24) is 5.32 Å². The van der Waals surface area contributed by atoms with E-state index in [1.54, 1.807) is 0 Å². The molecule has 2 bridgehead atoms. The second-order valence-corrected chi connectivity index (χ2v) is 6.28. The minimum absolute atomic E-state index is 0.345. The van der Waals surface area contributed by atoms with E-state index in [0.717, 1.165) is 35.8 Å². The molecular formula is C17H21NO2. The van der Waals surface area contributed by atoms with E-state index in [1.807, 2.05) is 6.07 Å². The van der Waals surface area contributed by atoms with Gasteiger partial charge < -0.3 is 14.8 Å². The molecule has 1 heterocycles. The summed E-state index contributed by atoms with van der Waals surface area (Å²) >= 11 is 0. The fourth-order valence-corrected chi connectivity index (χ4v) is 3.76. The monoisotopic (exact) mass is 271 g/mol. The van der Waals surface area contributed by atoms with Crippen LogP contribution in [-0.4, -0.2) is 13.3 Å². The van der Waals surface area contributed by atoms with E-state index >= 15 is 0 Å². The Morgan fingerprint density at radius 2 is 2.10 bits per heavy atom. The molecule has 0 aromatic heterocycles. The Morgan fingerprint density at radius 1 is 1.20 bits per heavy atom. The van der Waals surface area contributed by atoms with Gasteiger partial charge in [0.1, 0.15) is 0 Å². The highest BCUT2D eigenvalue weighted by Crippen LogP contribution is 2.43. The molecule has 2 aliphatic carbocycles. The first-order chi connectivity index (χ1) is 9.79. The predicted octanol–water partition coefficient (Wildman–Crippen LogP) is 3.28. The summed E-state index contributed by atoms with van der Waals surface area (Å²) in [6, 6.07) is 6.59. The number of hydrogen-bond donors (Lipinski definition) is 1. The molecule has 1 aromatic rings. The molecule has 1 saturated carbocycles. The second-order valence-electron chi connectivity index (χ2n) is 6.28. The smallest absolute Gasteiger partial charge is 0.231 e. The average Bonchev–Trinajstić information content (AvgIpc) is 3.19. The first-order valence-electron chi connectivity index (χ1n) is 7.61. The number of hydrogen-bond acceptors (Lipinski definition) is 3. The molecular weight excluding hydrogens is 250 g/mol. The highest BCUT2D eigenvalue weighted by molar-refractivity contribution is 5.45. The lowest BCUT2D eigenvalue weighted by molar-refractivity contribution is 0.174. The maximum atomic E-state index is 5.45. The van der Waals surface area contributed by atoms with Crippen molar-refractivity contribution < 1.29 is 9.47 Å². The van der Waals surface area contributed by atoms with Gasteiger partial charge in [0.2, 0.25) is 6.79 Å². The Bertz CT molecular complexity index is 540. The second kappa shape index (κ2) is 4.81. The molecule has 1 N–H and O–H groups in total. The third-order valence-electron chi connectivity index (χ3n) is 5.00. The van der Waals surface area contributed by atoms with Crippen LogP contribution in [0.25, 0.3) is 0 Å². The zero-order valence-electron chi connectivity index (χ0n) is 11.8. The molecule has 3 heteroatoms. The predicted molar refractivity (Wildman–Crippen MR) is 77.8 cm³/mol. The summed E-state index contributed by atoms with van der Waals surface area (Å²) in [6.07, 6.45) is 7.57. The SMILES string of the molecule is CC(NCC1CC2C=CC1C2)c1ccc2c(c1)OCO2. The maximum Gasteiger partial charge on any atom is 0.231 e. The number of nitrogens with one attached hydrogen (secondary N) is 1. The van der Waals surface area contributed by atoms with E-state index in [-0.39, 0.29) is 0 Å². The van der Waals surface area contributed by atoms with Gasteiger partial charge in [-0.05, 0) is 61.8 Å². The lowest BCUT2D eigenvalue weighted by Crippen LogP contribution is -2.27. The summed E-state index contributed by atoms with van der Waals surface area (Å²) in [6.45, 7) is 3.68. The zero-order valence-corrected chi connectivity index (χ0v) is 11.8. The molecule has 106 valence electrons. The molecule has 0 radical (unpaired) electrons. The largest absolute Gasteiger partial charge is 0.454 e. The van der Waals surface area contributed by atoms with Crippen LogP contribution in [0, 0.1) is 17.8 Å². The molecule has 0 saturated heterocycles. The molecule has 1 fully saturated rings. The quantitative estimate of drug-likeness (QED) is 0.853. The Labute approximate surface area is 120 Å². The van der Waals surface area contributed by atoms with Gasteiger partial charge in [0.25, 0.3) is 0 Å². The van der Waals surface area contributed by atoms with Crippen molar-refractivity contribution in [2.24, 2.45) is 17.8 Å². The van der Waals surface area contributed by atoms with Crippen molar-refractivity contribution in [3.8, 4) is 11.5 Å². The fraction of sp³-hybridized carbons (Fsp3) is 0.529. The van der Waals surface area contributed by atoms with E-state index in [4.69, 9.17) is 9.47 Å². The molecule has 1 aromatic carbocycles. The van der Waals surface area contributed by atoms with Crippen molar-refractivity contribution >= 4 is 0 Å². The van der Waals surface area contributed by atoms with E-state index in [1.165, 1.54) is 18.4 Å². The summed E-state index contributed by atoms with van der Waals surface area (Å²) in [5.74, 6) is 4.23. The molecule has 4 atom stereocenters. The number of allylic oxidation sites excluding steroid dienone is 2. The maximum absolute atomic E-state index is 5.45. The number of fused-ring (bicyclic) bond motifs is 3. The van der Waals surface area contributed by atoms with E-state index in [9.17, 15) is 0 Å². The first-order valence-corrected chi connectivity index (χ1v) is 7.61. The highest BCUT2D eigenvalue weighted by atomic mass is 16.7. The summed E-state index contributed by atoms with van der Waals surface area (Å²) in [4.78, 5) is 0. The van der Waals surface area contributed by atoms with Crippen molar-refractivity contribution in [2.75, 3.05) is 13.3 Å². The van der Waals surface area contributed by atoms with Crippen LogP contribution >= 0.6 is 0 Å². The molecule has 3 nitrogen and oxygen atoms in total. The van der Waals surface area contributed by atoms with E-state index in [0.29, 0.717) is 12.8 Å². The van der Waals surface area contributed by atoms with Gasteiger partial charge in [-0.25, -0.2) is 0 Å². The summed E-state index contributed by atoms with van der Waals surface area (Å²) < 4.78 is 10.8. The molecule has 3 aliphatic rings. The lowest BCUT2D eigenvalue weighted by atomic mass is 9.93. The Balaban J connectivity index is 1.38. The summed E-state index contributed by atoms with van der Waals surface area (Å²) in [5.41, 5.74) is 1.27. The normalized spacial score (nSPS) is 30.9. The van der Waals surface area contributed by atoms with Crippen LogP contribution in [0.15, 0.2) is 30.4 Å². The molecule has 1 aliphatic heterocycles. The third-order valence-corrected chi connectivity index (χ3v) is 5.00. The van der Waals surface area contributed by atoms with Crippen LogP contribution < -0.4 is 14.8 Å². The van der Waals surface area contributed by atoms with Crippen LogP contribution in [-0.2, 0) is 0 Å². The van der Waals surface area contributed by atoms with Gasteiger partial charge in [0.05, 0.1) is 0 Å². The van der Waals surface area contributed by atoms with Gasteiger partial charge in [0.15, 0.2) is 11.5 Å². The van der Waals surface area contributed by atoms with Crippen LogP contribution in [0.5, 0.6) is 11.5 Å². The standard InChI is InChI=1S/C17H21NO2/c1-11(13-4-5-16-17(8-13)20-10-19-16)18-9-15-7-12-2-3-14(15)6-12/h2-5,8,11-12,14-15,18H,6-7,9-10H2,1H3. The first kappa shape index (κ1) is 12.3. The van der Waals surface area contributed by atoms with Crippen molar-refractivity contribution in [2.45, 2.75) is 25.8 Å². The Kier molecular flexibility index (Phi) is 2.95. The van der Waals surface area contributed by atoms with Gasteiger partial charge >= 0.3 is 0 Å². The number of ether oxygens (including phenoxy) is 2. The fourth-order valence-electron chi connectivity index (χ4n) is 3.76. The van der Waals surface area contributed by atoms with Crippen molar-refractivity contribution in [1.29, 1.82) is 0 Å². The highest BCUT2D eigenvalue weighted by Gasteiger charge is 2.35. The van der Waals surface area contributed by atoms with E-state index in [2.05, 4.69) is 36.5 Å². The minimum Gasteiger partial charge on any atom is -0.454 e. The molecule has 20 heavy (non-hydrogen) atoms.